The molecule has 0 amide bonds. The topological polar surface area (TPSA) is 317 Å². The lowest BCUT2D eigenvalue weighted by Crippen LogP contribution is -2.66. The van der Waals surface area contributed by atoms with Gasteiger partial charge in [-0.05, 0) is 5.56 Å². The van der Waals surface area contributed by atoms with E-state index >= 15 is 0 Å². The zero-order valence-electron chi connectivity index (χ0n) is 26.6. The minimum Gasteiger partial charge on any atom is -0.394 e. The van der Waals surface area contributed by atoms with Crippen LogP contribution in [0.25, 0.3) is 0 Å². The van der Waals surface area contributed by atoms with Gasteiger partial charge in [-0.3, -0.25) is 0 Å². The minimum absolute atomic E-state index is 0.0486. The highest BCUT2D eigenvalue weighted by atomic mass is 16.8. The summed E-state index contributed by atoms with van der Waals surface area (Å²) in [5.74, 6) is 0. The van der Waals surface area contributed by atoms with E-state index in [1.165, 1.54) is 0 Å². The molecule has 20 heteroatoms. The molecule has 18 atom stereocenters. The molecule has 0 unspecified atom stereocenters. The number of aliphatic hydroxyl groups excluding tert-OH is 11. The number of hydrogen-bond acceptors (Lipinski definition) is 20. The van der Waals surface area contributed by atoms with Gasteiger partial charge in [-0.1, -0.05) is 30.3 Å². The van der Waals surface area contributed by atoms with Crippen LogP contribution >= 0.6 is 0 Å². The van der Waals surface area contributed by atoms with Gasteiger partial charge in [-0.2, -0.15) is 0 Å². The van der Waals surface area contributed by atoms with Crippen LogP contribution in [0, 0.1) is 0 Å². The molecular weight excluding hydrogens is 680 g/mol. The average molecular weight is 727 g/mol. The van der Waals surface area contributed by atoms with Gasteiger partial charge in [0.1, 0.15) is 85.0 Å². The lowest BCUT2D eigenvalue weighted by Gasteiger charge is -2.48. The Kier molecular flexibility index (Phi) is 13.5. The highest BCUT2D eigenvalue weighted by Gasteiger charge is 2.54. The van der Waals surface area contributed by atoms with Crippen molar-refractivity contribution < 1.29 is 99.2 Å². The van der Waals surface area contributed by atoms with E-state index < -0.39 is 143 Å². The van der Waals surface area contributed by atoms with Gasteiger partial charge in [0.05, 0.1) is 39.6 Å². The monoisotopic (exact) mass is 726 g/mol. The molecule has 0 bridgehead atoms. The predicted octanol–water partition coefficient (Wildman–Crippen LogP) is -6.88. The molecule has 0 radical (unpaired) electrons. The van der Waals surface area contributed by atoms with Crippen LogP contribution in [0.2, 0.25) is 0 Å². The summed E-state index contributed by atoms with van der Waals surface area (Å²) in [5, 5.41) is 125. The molecule has 50 heavy (non-hydrogen) atoms. The maximum absolute atomic E-state index is 11.2. The molecule has 286 valence electrons. The summed E-state index contributed by atoms with van der Waals surface area (Å²) in [6.45, 7) is -3.56. The Morgan fingerprint density at radius 3 is 1.72 bits per heavy atom. The summed E-state index contributed by atoms with van der Waals surface area (Å²) < 4.78 is 44.8. The number of hydrogen-bond donors (Lipinski definition) is 12. The number of ether oxygens (including phenoxy) is 8. The second-order valence-electron chi connectivity index (χ2n) is 12.6. The molecule has 4 aliphatic rings. The van der Waals surface area contributed by atoms with Crippen LogP contribution in [0.4, 0.5) is 0 Å². The summed E-state index contributed by atoms with van der Waals surface area (Å²) >= 11 is 0. The lowest BCUT2D eigenvalue weighted by molar-refractivity contribution is -0.381. The third kappa shape index (κ3) is 8.30. The Bertz CT molecular complexity index is 1180. The van der Waals surface area contributed by atoms with Crippen LogP contribution in [0.3, 0.4) is 0 Å². The quantitative estimate of drug-likeness (QED) is 0.0898. The van der Waals surface area contributed by atoms with E-state index in [0.717, 1.165) is 0 Å². The third-order valence-corrected chi connectivity index (χ3v) is 9.15. The van der Waals surface area contributed by atoms with Crippen molar-refractivity contribution in [3.63, 3.8) is 0 Å². The fraction of sp³-hybridized carbons (Fsp3) is 0.800. The number of benzene rings is 1. The molecule has 1 aromatic carbocycles. The summed E-state index contributed by atoms with van der Waals surface area (Å²) in [5.41, 5.74) is -1.31. The van der Waals surface area contributed by atoms with E-state index in [0.29, 0.717) is 5.56 Å². The maximum atomic E-state index is 11.2. The molecule has 4 saturated heterocycles. The van der Waals surface area contributed by atoms with E-state index in [9.17, 15) is 61.3 Å². The first-order valence-electron chi connectivity index (χ1n) is 16.0. The van der Waals surface area contributed by atoms with Crippen molar-refractivity contribution in [2.24, 2.45) is 0 Å². The molecule has 0 aliphatic carbocycles. The molecule has 0 aromatic heterocycles. The smallest absolute Gasteiger partial charge is 0.187 e. The van der Waals surface area contributed by atoms with Gasteiger partial charge in [-0.15, -0.1) is 0 Å². The highest BCUT2D eigenvalue weighted by Crippen LogP contribution is 2.34. The minimum atomic E-state index is -2.02. The standard InChI is InChI=1S/C30H46O20/c31-6-13-16(34)17(35)20(38)27(46-13)49-23-14(7-32)47-28(22(40)19(23)37)50-24-15(9-44-29-25(41)30(42,10-33)11-45-29)48-26(21(39)18(24)36)43-8-12-4-2-1-3-5-12/h1-5,13-29,31-42H,6-11H2/t13-,14+,15+,16-,17+,18+,19+,20-,21+,22+,23+,24-,25+,26+,27+,28-,29-,30+/m0/s1. The van der Waals surface area contributed by atoms with Crippen molar-refractivity contribution in [3.05, 3.63) is 35.9 Å². The van der Waals surface area contributed by atoms with E-state index in [4.69, 9.17) is 37.9 Å². The van der Waals surface area contributed by atoms with E-state index in [-0.39, 0.29) is 6.61 Å². The Morgan fingerprint density at radius 2 is 1.14 bits per heavy atom. The molecule has 4 aliphatic heterocycles. The van der Waals surface area contributed by atoms with Crippen LogP contribution < -0.4 is 0 Å². The Labute approximate surface area is 285 Å². The van der Waals surface area contributed by atoms with Gasteiger partial charge in [0.15, 0.2) is 25.2 Å². The molecule has 0 saturated carbocycles. The molecule has 1 aromatic rings. The second kappa shape index (κ2) is 17.0. The van der Waals surface area contributed by atoms with Crippen molar-refractivity contribution >= 4 is 0 Å². The first-order chi connectivity index (χ1) is 23.8. The molecular formula is C30H46O20. The van der Waals surface area contributed by atoms with Crippen LogP contribution in [0.1, 0.15) is 5.56 Å². The molecule has 12 N–H and O–H groups in total. The Morgan fingerprint density at radius 1 is 0.600 bits per heavy atom. The third-order valence-electron chi connectivity index (χ3n) is 9.15. The molecule has 5 rings (SSSR count). The van der Waals surface area contributed by atoms with Gasteiger partial charge in [0, 0.05) is 0 Å². The molecule has 4 heterocycles. The SMILES string of the molecule is OC[C@@H]1O[C@H](O[C@H]2[C@H](O)[C@@H](O)[C@H](O[C@@H]3[C@H](O)[C@@H](O)[C@H](OCc4ccccc4)O[C@@H]3CO[C@H]3OC[C@](O)(CO)[C@@H]3O)O[C@@H]2CO)[C@@H](O)[C@H](O)[C@H]1O. The molecule has 4 fully saturated rings. The molecule has 0 spiro atoms. The average Bonchev–Trinajstić information content (AvgIpc) is 3.41. The van der Waals surface area contributed by atoms with Gasteiger partial charge < -0.3 is 99.2 Å². The summed E-state index contributed by atoms with van der Waals surface area (Å²) in [6, 6.07) is 8.80. The van der Waals surface area contributed by atoms with Gasteiger partial charge in [0.2, 0.25) is 0 Å². The summed E-state index contributed by atoms with van der Waals surface area (Å²) in [7, 11) is 0. The van der Waals surface area contributed by atoms with Crippen LogP contribution in [0.5, 0.6) is 0 Å². The fourth-order valence-electron chi connectivity index (χ4n) is 6.05. The summed E-state index contributed by atoms with van der Waals surface area (Å²) in [4.78, 5) is 0. The fourth-order valence-corrected chi connectivity index (χ4v) is 6.05. The Balaban J connectivity index is 1.30. The Hall–Kier alpha value is -1.58. The zero-order valence-corrected chi connectivity index (χ0v) is 26.6. The van der Waals surface area contributed by atoms with E-state index in [1.54, 1.807) is 30.3 Å². The summed E-state index contributed by atoms with van der Waals surface area (Å²) in [6.07, 6.45) is -28.7. The lowest BCUT2D eigenvalue weighted by atomic mass is 9.96. The first kappa shape index (κ1) is 39.6. The normalized spacial score (nSPS) is 47.0. The van der Waals surface area contributed by atoms with Crippen molar-refractivity contribution in [2.75, 3.05) is 33.0 Å². The number of aliphatic hydroxyl groups is 12. The van der Waals surface area contributed by atoms with Gasteiger partial charge >= 0.3 is 0 Å². The highest BCUT2D eigenvalue weighted by molar-refractivity contribution is 5.13. The van der Waals surface area contributed by atoms with Gasteiger partial charge in [-0.25, -0.2) is 0 Å². The van der Waals surface area contributed by atoms with Crippen LogP contribution in [-0.4, -0.2) is 204 Å². The van der Waals surface area contributed by atoms with Crippen molar-refractivity contribution in [3.8, 4) is 0 Å². The van der Waals surface area contributed by atoms with Crippen molar-refractivity contribution in [2.45, 2.75) is 117 Å². The predicted molar refractivity (Wildman–Crippen MR) is 157 cm³/mol. The first-order valence-corrected chi connectivity index (χ1v) is 16.0. The maximum Gasteiger partial charge on any atom is 0.187 e. The zero-order chi connectivity index (χ0) is 36.3. The van der Waals surface area contributed by atoms with Gasteiger partial charge in [0.25, 0.3) is 0 Å². The molecule has 20 nitrogen and oxygen atoms in total. The van der Waals surface area contributed by atoms with Crippen molar-refractivity contribution in [1.29, 1.82) is 0 Å². The van der Waals surface area contributed by atoms with Crippen molar-refractivity contribution in [1.82, 2.24) is 0 Å². The van der Waals surface area contributed by atoms with E-state index in [2.05, 4.69) is 0 Å². The second-order valence-corrected chi connectivity index (χ2v) is 12.6. The van der Waals surface area contributed by atoms with E-state index in [1.807, 2.05) is 0 Å². The number of rotatable bonds is 13. The largest absolute Gasteiger partial charge is 0.394 e. The van der Waals surface area contributed by atoms with Crippen LogP contribution in [0.15, 0.2) is 30.3 Å². The van der Waals surface area contributed by atoms with Crippen LogP contribution in [-0.2, 0) is 44.5 Å².